The van der Waals surface area contributed by atoms with Crippen LogP contribution in [0.5, 0.6) is 0 Å². The van der Waals surface area contributed by atoms with Crippen molar-refractivity contribution in [3.63, 3.8) is 0 Å². The van der Waals surface area contributed by atoms with E-state index in [2.05, 4.69) is 10.2 Å². The predicted octanol–water partition coefficient (Wildman–Crippen LogP) is 1.51. The van der Waals surface area contributed by atoms with Crippen molar-refractivity contribution in [1.29, 1.82) is 0 Å². The van der Waals surface area contributed by atoms with Crippen molar-refractivity contribution >= 4 is 12.0 Å². The Bertz CT molecular complexity index is 361. The fourth-order valence-electron chi connectivity index (χ4n) is 3.27. The van der Waals surface area contributed by atoms with Crippen LogP contribution in [0.2, 0.25) is 0 Å². The van der Waals surface area contributed by atoms with Crippen LogP contribution in [0.3, 0.4) is 0 Å². The van der Waals surface area contributed by atoms with Gasteiger partial charge >= 0.3 is 12.0 Å². The van der Waals surface area contributed by atoms with Crippen LogP contribution in [0, 0.1) is 0 Å². The van der Waals surface area contributed by atoms with Crippen molar-refractivity contribution in [2.75, 3.05) is 26.2 Å². The summed E-state index contributed by atoms with van der Waals surface area (Å²) in [4.78, 5) is 27.0. The number of piperazine rings is 1. The van der Waals surface area contributed by atoms with Gasteiger partial charge < -0.3 is 15.3 Å². The SMILES string of the molecule is CC(CCC(=O)O)NC(=O)N1CCN(C2CCCC2)CC1. The summed E-state index contributed by atoms with van der Waals surface area (Å²) in [6, 6.07) is 0.574. The third kappa shape index (κ3) is 4.88. The maximum Gasteiger partial charge on any atom is 0.317 e. The van der Waals surface area contributed by atoms with Gasteiger partial charge in [0.1, 0.15) is 0 Å². The van der Waals surface area contributed by atoms with Crippen molar-refractivity contribution < 1.29 is 14.7 Å². The van der Waals surface area contributed by atoms with Crippen molar-refractivity contribution in [1.82, 2.24) is 15.1 Å². The molecule has 6 heteroatoms. The summed E-state index contributed by atoms with van der Waals surface area (Å²) >= 11 is 0. The maximum absolute atomic E-state index is 12.1. The lowest BCUT2D eigenvalue weighted by atomic mass is 10.1. The number of hydrogen-bond donors (Lipinski definition) is 2. The van der Waals surface area contributed by atoms with E-state index in [1.165, 1.54) is 25.7 Å². The normalized spacial score (nSPS) is 22.2. The minimum Gasteiger partial charge on any atom is -0.481 e. The highest BCUT2D eigenvalue weighted by Crippen LogP contribution is 2.24. The molecule has 2 fully saturated rings. The molecule has 0 aromatic carbocycles. The van der Waals surface area contributed by atoms with Crippen LogP contribution in [0.4, 0.5) is 4.79 Å². The lowest BCUT2D eigenvalue weighted by Gasteiger charge is -2.38. The van der Waals surface area contributed by atoms with Crippen LogP contribution in [0.15, 0.2) is 0 Å². The third-order valence-corrected chi connectivity index (χ3v) is 4.60. The molecule has 6 nitrogen and oxygen atoms in total. The van der Waals surface area contributed by atoms with Crippen molar-refractivity contribution in [3.8, 4) is 0 Å². The molecular weight excluding hydrogens is 270 g/mol. The zero-order valence-corrected chi connectivity index (χ0v) is 12.9. The Hall–Kier alpha value is -1.30. The molecule has 0 radical (unpaired) electrons. The minimum atomic E-state index is -0.818. The Kier molecular flexibility index (Phi) is 5.85. The second-order valence-electron chi connectivity index (χ2n) is 6.24. The topological polar surface area (TPSA) is 72.9 Å². The second-order valence-corrected chi connectivity index (χ2v) is 6.24. The number of carbonyl (C=O) groups excluding carboxylic acids is 1. The lowest BCUT2D eigenvalue weighted by Crippen LogP contribution is -2.54. The molecule has 1 saturated carbocycles. The van der Waals surface area contributed by atoms with Crippen molar-refractivity contribution in [2.45, 2.75) is 57.5 Å². The largest absolute Gasteiger partial charge is 0.481 e. The molecule has 1 aliphatic carbocycles. The summed E-state index contributed by atoms with van der Waals surface area (Å²) in [5.74, 6) is -0.818. The molecule has 1 atom stereocenters. The van der Waals surface area contributed by atoms with Crippen LogP contribution >= 0.6 is 0 Å². The van der Waals surface area contributed by atoms with E-state index in [0.29, 0.717) is 6.42 Å². The summed E-state index contributed by atoms with van der Waals surface area (Å²) in [5.41, 5.74) is 0. The monoisotopic (exact) mass is 297 g/mol. The molecule has 2 amide bonds. The Morgan fingerprint density at radius 3 is 2.38 bits per heavy atom. The Balaban J connectivity index is 1.68. The molecule has 0 bridgehead atoms. The number of aliphatic carboxylic acids is 1. The number of rotatable bonds is 5. The highest BCUT2D eigenvalue weighted by molar-refractivity contribution is 5.74. The highest BCUT2D eigenvalue weighted by atomic mass is 16.4. The molecule has 0 spiro atoms. The first kappa shape index (κ1) is 16.1. The van der Waals surface area contributed by atoms with Crippen molar-refractivity contribution in [3.05, 3.63) is 0 Å². The zero-order chi connectivity index (χ0) is 15.2. The van der Waals surface area contributed by atoms with E-state index in [0.717, 1.165) is 32.2 Å². The first-order valence-electron chi connectivity index (χ1n) is 8.07. The maximum atomic E-state index is 12.1. The minimum absolute atomic E-state index is 0.0565. The number of nitrogens with zero attached hydrogens (tertiary/aromatic N) is 2. The number of carboxylic acids is 1. The second kappa shape index (κ2) is 7.64. The lowest BCUT2D eigenvalue weighted by molar-refractivity contribution is -0.137. The Labute approximate surface area is 126 Å². The third-order valence-electron chi connectivity index (χ3n) is 4.60. The molecule has 120 valence electrons. The van der Waals surface area contributed by atoms with Gasteiger partial charge in [0.25, 0.3) is 0 Å². The molecule has 1 heterocycles. The van der Waals surface area contributed by atoms with Gasteiger partial charge in [-0.1, -0.05) is 12.8 Å². The van der Waals surface area contributed by atoms with Crippen LogP contribution in [-0.2, 0) is 4.79 Å². The standard InChI is InChI=1S/C15H27N3O3/c1-12(6-7-14(19)20)16-15(21)18-10-8-17(9-11-18)13-4-2-3-5-13/h12-13H,2-11H2,1H3,(H,16,21)(H,19,20). The average Bonchev–Trinajstić information content (AvgIpc) is 2.99. The van der Waals surface area contributed by atoms with Crippen molar-refractivity contribution in [2.24, 2.45) is 0 Å². The van der Waals surface area contributed by atoms with E-state index in [-0.39, 0.29) is 18.5 Å². The molecule has 21 heavy (non-hydrogen) atoms. The van der Waals surface area contributed by atoms with Gasteiger partial charge in [0.05, 0.1) is 0 Å². The summed E-state index contributed by atoms with van der Waals surface area (Å²) in [7, 11) is 0. The number of urea groups is 1. The quantitative estimate of drug-likeness (QED) is 0.807. The first-order chi connectivity index (χ1) is 10.1. The van der Waals surface area contributed by atoms with Gasteiger partial charge in [0.2, 0.25) is 0 Å². The molecule has 2 N–H and O–H groups in total. The summed E-state index contributed by atoms with van der Waals surface area (Å²) < 4.78 is 0. The van der Waals surface area contributed by atoms with Gasteiger partial charge in [-0.3, -0.25) is 9.69 Å². The smallest absolute Gasteiger partial charge is 0.317 e. The fraction of sp³-hybridized carbons (Fsp3) is 0.867. The van der Waals surface area contributed by atoms with Gasteiger partial charge in [-0.05, 0) is 26.2 Å². The summed E-state index contributed by atoms with van der Waals surface area (Å²) in [5, 5.41) is 11.5. The molecule has 1 saturated heterocycles. The molecule has 2 rings (SSSR count). The molecule has 1 aliphatic heterocycles. The molecule has 0 aromatic rings. The molecular formula is C15H27N3O3. The van der Waals surface area contributed by atoms with Crippen LogP contribution in [0.1, 0.15) is 45.4 Å². The molecule has 0 aromatic heterocycles. The van der Waals surface area contributed by atoms with Gasteiger partial charge in [0.15, 0.2) is 0 Å². The zero-order valence-electron chi connectivity index (χ0n) is 12.9. The number of amides is 2. The summed E-state index contributed by atoms with van der Waals surface area (Å²) in [6.07, 6.45) is 5.86. The van der Waals surface area contributed by atoms with E-state index in [1.807, 2.05) is 11.8 Å². The van der Waals surface area contributed by atoms with Crippen LogP contribution in [0.25, 0.3) is 0 Å². The van der Waals surface area contributed by atoms with E-state index in [9.17, 15) is 9.59 Å². The predicted molar refractivity (Wildman–Crippen MR) is 80.3 cm³/mol. The van der Waals surface area contributed by atoms with E-state index < -0.39 is 5.97 Å². The van der Waals surface area contributed by atoms with Gasteiger partial charge in [0, 0.05) is 44.7 Å². The number of carbonyl (C=O) groups is 2. The Morgan fingerprint density at radius 2 is 1.81 bits per heavy atom. The fourth-order valence-corrected chi connectivity index (χ4v) is 3.27. The van der Waals surface area contributed by atoms with Crippen LogP contribution in [-0.4, -0.2) is 65.2 Å². The van der Waals surface area contributed by atoms with E-state index in [4.69, 9.17) is 5.11 Å². The number of hydrogen-bond acceptors (Lipinski definition) is 3. The van der Waals surface area contributed by atoms with Gasteiger partial charge in [-0.25, -0.2) is 4.79 Å². The molecule has 1 unspecified atom stereocenters. The van der Waals surface area contributed by atoms with E-state index >= 15 is 0 Å². The highest BCUT2D eigenvalue weighted by Gasteiger charge is 2.28. The van der Waals surface area contributed by atoms with Crippen LogP contribution < -0.4 is 5.32 Å². The molecule has 2 aliphatic rings. The Morgan fingerprint density at radius 1 is 1.19 bits per heavy atom. The van der Waals surface area contributed by atoms with Gasteiger partial charge in [-0.15, -0.1) is 0 Å². The number of nitrogens with one attached hydrogen (secondary N) is 1. The van der Waals surface area contributed by atoms with Gasteiger partial charge in [-0.2, -0.15) is 0 Å². The van der Waals surface area contributed by atoms with E-state index in [1.54, 1.807) is 0 Å². The summed E-state index contributed by atoms with van der Waals surface area (Å²) in [6.45, 7) is 5.32. The first-order valence-corrected chi connectivity index (χ1v) is 8.07. The average molecular weight is 297 g/mol. The number of carboxylic acid groups (broad SMARTS) is 1.